The summed E-state index contributed by atoms with van der Waals surface area (Å²) >= 11 is 0. The Hall–Kier alpha value is -1.71. The molecule has 0 atom stereocenters. The Bertz CT molecular complexity index is 696. The number of amides is 1. The number of hydrogen-bond donors (Lipinski definition) is 1. The first-order valence-electron chi connectivity index (χ1n) is 14.1. The van der Waals surface area contributed by atoms with Crippen LogP contribution in [-0.2, 0) is 10.2 Å². The van der Waals surface area contributed by atoms with Gasteiger partial charge in [0.15, 0.2) is 0 Å². The molecule has 0 aliphatic heterocycles. The van der Waals surface area contributed by atoms with Crippen LogP contribution in [0.1, 0.15) is 129 Å². The third-order valence-electron chi connectivity index (χ3n) is 7.06. The van der Waals surface area contributed by atoms with E-state index < -0.39 is 0 Å². The van der Waals surface area contributed by atoms with Crippen LogP contribution in [0.15, 0.2) is 18.2 Å². The number of unbranched alkanes of at least 4 members (excludes halogenated alkanes) is 10. The quantitative estimate of drug-likeness (QED) is 0.195. The normalized spacial score (nSPS) is 13.6. The average Bonchev–Trinajstić information content (AvgIpc) is 3.64. The smallest absolute Gasteiger partial charge is 0.220 e. The van der Waals surface area contributed by atoms with Crippen LogP contribution in [-0.4, -0.2) is 25.7 Å². The molecule has 1 aliphatic rings. The second kappa shape index (κ2) is 16.1. The van der Waals surface area contributed by atoms with Crippen LogP contribution in [0.5, 0.6) is 11.5 Å². The fourth-order valence-corrected chi connectivity index (χ4v) is 4.47. The Balaban J connectivity index is 1.57. The molecular weight excluding hydrogens is 422 g/mol. The predicted molar refractivity (Wildman–Crippen MR) is 143 cm³/mol. The Kier molecular flexibility index (Phi) is 13.5. The van der Waals surface area contributed by atoms with Crippen LogP contribution in [0.4, 0.5) is 0 Å². The van der Waals surface area contributed by atoms with E-state index in [9.17, 15) is 4.79 Å². The molecule has 1 aromatic carbocycles. The molecule has 0 saturated heterocycles. The molecule has 4 nitrogen and oxygen atoms in total. The minimum Gasteiger partial charge on any atom is -0.497 e. The van der Waals surface area contributed by atoms with Gasteiger partial charge in [-0.1, -0.05) is 85.0 Å². The molecule has 2 rings (SSSR count). The zero-order valence-electron chi connectivity index (χ0n) is 22.6. The van der Waals surface area contributed by atoms with Gasteiger partial charge in [0, 0.05) is 18.5 Å². The van der Waals surface area contributed by atoms with E-state index in [0.717, 1.165) is 30.9 Å². The van der Waals surface area contributed by atoms with Crippen molar-refractivity contribution in [3.05, 3.63) is 23.8 Å². The number of nitrogens with one attached hydrogen (secondary N) is 1. The Labute approximate surface area is 209 Å². The van der Waals surface area contributed by atoms with Crippen LogP contribution in [0.2, 0.25) is 0 Å². The number of carbonyl (C=O) groups excluding carboxylic acids is 1. The summed E-state index contributed by atoms with van der Waals surface area (Å²) in [5.74, 6) is 2.07. The molecule has 0 aromatic heterocycles. The van der Waals surface area contributed by atoms with Gasteiger partial charge in [0.05, 0.1) is 13.7 Å². The van der Waals surface area contributed by atoms with Gasteiger partial charge in [0.2, 0.25) is 5.91 Å². The molecule has 1 saturated carbocycles. The van der Waals surface area contributed by atoms with E-state index in [2.05, 4.69) is 38.2 Å². The molecule has 1 N–H and O–H groups in total. The van der Waals surface area contributed by atoms with Crippen molar-refractivity contribution in [2.24, 2.45) is 0 Å². The Morgan fingerprint density at radius 1 is 0.882 bits per heavy atom. The molecule has 34 heavy (non-hydrogen) atoms. The predicted octanol–water partition coefficient (Wildman–Crippen LogP) is 8.11. The summed E-state index contributed by atoms with van der Waals surface area (Å²) in [5, 5.41) is 3.07. The summed E-state index contributed by atoms with van der Waals surface area (Å²) in [5.41, 5.74) is 1.44. The molecule has 0 bridgehead atoms. The van der Waals surface area contributed by atoms with Gasteiger partial charge in [-0.25, -0.2) is 0 Å². The largest absolute Gasteiger partial charge is 0.497 e. The van der Waals surface area contributed by atoms with E-state index in [1.165, 1.54) is 89.0 Å². The first-order valence-corrected chi connectivity index (χ1v) is 14.1. The Morgan fingerprint density at radius 3 is 2.15 bits per heavy atom. The van der Waals surface area contributed by atoms with Crippen LogP contribution < -0.4 is 14.8 Å². The van der Waals surface area contributed by atoms with Crippen molar-refractivity contribution in [2.75, 3.05) is 13.7 Å². The average molecular weight is 474 g/mol. The second-order valence-corrected chi connectivity index (χ2v) is 10.9. The van der Waals surface area contributed by atoms with Gasteiger partial charge in [-0.2, -0.15) is 0 Å². The van der Waals surface area contributed by atoms with Gasteiger partial charge in [-0.15, -0.1) is 0 Å². The standard InChI is InChI=1S/C30H51NO3/c1-5-6-7-15-20-30(2,3)25-22-27(33-4)24-28(23-25)34-21-16-13-11-9-8-10-12-14-17-29(32)31-26-18-19-26/h22-24,26H,5-21H2,1-4H3,(H,31,32). The highest BCUT2D eigenvalue weighted by Gasteiger charge is 2.23. The summed E-state index contributed by atoms with van der Waals surface area (Å²) in [6.07, 6.45) is 19.0. The molecule has 4 heteroatoms. The molecule has 0 heterocycles. The number of methoxy groups -OCH3 is 1. The molecule has 0 unspecified atom stereocenters. The van der Waals surface area contributed by atoms with Crippen molar-refractivity contribution in [2.45, 2.75) is 135 Å². The fourth-order valence-electron chi connectivity index (χ4n) is 4.47. The molecule has 0 radical (unpaired) electrons. The lowest BCUT2D eigenvalue weighted by atomic mass is 9.80. The van der Waals surface area contributed by atoms with Gasteiger partial charge in [0.25, 0.3) is 0 Å². The van der Waals surface area contributed by atoms with Crippen LogP contribution in [0.25, 0.3) is 0 Å². The van der Waals surface area contributed by atoms with Gasteiger partial charge in [0.1, 0.15) is 11.5 Å². The highest BCUT2D eigenvalue weighted by molar-refractivity contribution is 5.76. The summed E-state index contributed by atoms with van der Waals surface area (Å²) in [6.45, 7) is 7.69. The fraction of sp³-hybridized carbons (Fsp3) is 0.767. The van der Waals surface area contributed by atoms with Crippen molar-refractivity contribution < 1.29 is 14.3 Å². The zero-order valence-corrected chi connectivity index (χ0v) is 22.6. The second-order valence-electron chi connectivity index (χ2n) is 10.9. The van der Waals surface area contributed by atoms with E-state index in [1.807, 2.05) is 6.07 Å². The topological polar surface area (TPSA) is 47.6 Å². The van der Waals surface area contributed by atoms with Crippen LogP contribution >= 0.6 is 0 Å². The van der Waals surface area contributed by atoms with Gasteiger partial charge >= 0.3 is 0 Å². The summed E-state index contributed by atoms with van der Waals surface area (Å²) < 4.78 is 11.7. The summed E-state index contributed by atoms with van der Waals surface area (Å²) in [7, 11) is 1.74. The first-order chi connectivity index (χ1) is 16.4. The number of carbonyl (C=O) groups is 1. The lowest BCUT2D eigenvalue weighted by Gasteiger charge is -2.26. The third kappa shape index (κ3) is 12.1. The van der Waals surface area contributed by atoms with Crippen molar-refractivity contribution in [3.63, 3.8) is 0 Å². The number of ether oxygens (including phenoxy) is 2. The summed E-state index contributed by atoms with van der Waals surface area (Å²) in [4.78, 5) is 11.7. The molecule has 1 amide bonds. The maximum absolute atomic E-state index is 11.7. The Morgan fingerprint density at radius 2 is 1.50 bits per heavy atom. The van der Waals surface area contributed by atoms with E-state index in [-0.39, 0.29) is 11.3 Å². The van der Waals surface area contributed by atoms with E-state index in [4.69, 9.17) is 9.47 Å². The maximum atomic E-state index is 11.7. The number of hydrogen-bond acceptors (Lipinski definition) is 3. The first kappa shape index (κ1) is 28.5. The molecule has 0 spiro atoms. The number of benzene rings is 1. The lowest BCUT2D eigenvalue weighted by Crippen LogP contribution is -2.24. The molecule has 1 aromatic rings. The molecular formula is C30H51NO3. The maximum Gasteiger partial charge on any atom is 0.220 e. The van der Waals surface area contributed by atoms with Gasteiger partial charge < -0.3 is 14.8 Å². The molecule has 194 valence electrons. The van der Waals surface area contributed by atoms with Crippen LogP contribution in [0, 0.1) is 0 Å². The summed E-state index contributed by atoms with van der Waals surface area (Å²) in [6, 6.07) is 6.90. The molecule has 1 aliphatic carbocycles. The van der Waals surface area contributed by atoms with Crippen molar-refractivity contribution in [1.29, 1.82) is 0 Å². The van der Waals surface area contributed by atoms with Crippen molar-refractivity contribution in [3.8, 4) is 11.5 Å². The van der Waals surface area contributed by atoms with Gasteiger partial charge in [-0.3, -0.25) is 4.79 Å². The van der Waals surface area contributed by atoms with Crippen LogP contribution in [0.3, 0.4) is 0 Å². The zero-order chi connectivity index (χ0) is 24.7. The van der Waals surface area contributed by atoms with E-state index in [0.29, 0.717) is 12.5 Å². The lowest BCUT2D eigenvalue weighted by molar-refractivity contribution is -0.121. The van der Waals surface area contributed by atoms with Crippen molar-refractivity contribution in [1.82, 2.24) is 5.32 Å². The third-order valence-corrected chi connectivity index (χ3v) is 7.06. The highest BCUT2D eigenvalue weighted by Crippen LogP contribution is 2.35. The number of rotatable bonds is 20. The van der Waals surface area contributed by atoms with E-state index in [1.54, 1.807) is 7.11 Å². The SMILES string of the molecule is CCCCCCC(C)(C)c1cc(OC)cc(OCCCCCCCCCCC(=O)NC2CC2)c1. The minimum absolute atomic E-state index is 0.126. The van der Waals surface area contributed by atoms with E-state index >= 15 is 0 Å². The monoisotopic (exact) mass is 473 g/mol. The van der Waals surface area contributed by atoms with Gasteiger partial charge in [-0.05, 0) is 55.2 Å². The minimum atomic E-state index is 0.126. The van der Waals surface area contributed by atoms with Crippen molar-refractivity contribution >= 4 is 5.91 Å². The molecule has 1 fully saturated rings. The highest BCUT2D eigenvalue weighted by atomic mass is 16.5.